The molecule has 3 nitrogen and oxygen atoms in total. The summed E-state index contributed by atoms with van der Waals surface area (Å²) in [5.74, 6) is 0.344. The number of rotatable bonds is 6. The smallest absolute Gasteiger partial charge is 0.115 e. The molecule has 1 aromatic carbocycles. The molecule has 0 aliphatic rings. The van der Waals surface area contributed by atoms with Gasteiger partial charge >= 0.3 is 0 Å². The molecule has 96 valence electrons. The van der Waals surface area contributed by atoms with Gasteiger partial charge in [0, 0.05) is 6.04 Å². The molecule has 0 bridgehead atoms. The van der Waals surface area contributed by atoms with Crippen molar-refractivity contribution in [1.29, 1.82) is 0 Å². The van der Waals surface area contributed by atoms with Gasteiger partial charge in [-0.1, -0.05) is 12.1 Å². The molecule has 0 fully saturated rings. The number of hydrogen-bond donors (Lipinski definition) is 1. The molecule has 1 aromatic rings. The lowest BCUT2D eigenvalue weighted by Crippen LogP contribution is -2.26. The number of nitrogens with zero attached hydrogens (tertiary/aromatic N) is 2. The minimum absolute atomic E-state index is 0.337. The van der Waals surface area contributed by atoms with E-state index in [1.54, 1.807) is 6.07 Å². The second kappa shape index (κ2) is 6.62. The maximum absolute atomic E-state index is 9.47. The van der Waals surface area contributed by atoms with E-state index in [1.165, 1.54) is 0 Å². The highest BCUT2D eigenvalue weighted by Crippen LogP contribution is 2.22. The molecule has 0 amide bonds. The summed E-state index contributed by atoms with van der Waals surface area (Å²) in [7, 11) is 6.32. The van der Waals surface area contributed by atoms with Crippen molar-refractivity contribution in [2.45, 2.75) is 19.4 Å². The summed E-state index contributed by atoms with van der Waals surface area (Å²) in [5.41, 5.74) is 1.16. The van der Waals surface area contributed by atoms with Gasteiger partial charge in [0.1, 0.15) is 5.75 Å². The maximum atomic E-state index is 9.47. The number of benzene rings is 1. The number of hydrogen-bond acceptors (Lipinski definition) is 3. The third-order valence-corrected chi connectivity index (χ3v) is 3.13. The summed E-state index contributed by atoms with van der Waals surface area (Å²) in [6.45, 7) is 4.34. The van der Waals surface area contributed by atoms with Crippen LogP contribution >= 0.6 is 0 Å². The SMILES string of the molecule is CC(c1cccc(O)c1)N(C)CCCN(C)C. The second-order valence-corrected chi connectivity index (χ2v) is 4.91. The fourth-order valence-corrected chi connectivity index (χ4v) is 1.87. The zero-order valence-electron chi connectivity index (χ0n) is 11.3. The van der Waals surface area contributed by atoms with Gasteiger partial charge in [-0.05, 0) is 65.3 Å². The lowest BCUT2D eigenvalue weighted by atomic mass is 10.1. The van der Waals surface area contributed by atoms with E-state index >= 15 is 0 Å². The van der Waals surface area contributed by atoms with Crippen LogP contribution in [0.1, 0.15) is 24.9 Å². The summed E-state index contributed by atoms with van der Waals surface area (Å²) < 4.78 is 0. The molecule has 0 saturated carbocycles. The molecule has 0 heterocycles. The molecule has 0 saturated heterocycles. The Bertz CT molecular complexity index is 339. The van der Waals surface area contributed by atoms with Crippen LogP contribution in [0.5, 0.6) is 5.75 Å². The minimum atomic E-state index is 0.337. The van der Waals surface area contributed by atoms with Crippen LogP contribution in [-0.2, 0) is 0 Å². The Balaban J connectivity index is 2.48. The normalized spacial score (nSPS) is 13.3. The monoisotopic (exact) mass is 236 g/mol. The summed E-state index contributed by atoms with van der Waals surface area (Å²) in [6.07, 6.45) is 1.16. The van der Waals surface area contributed by atoms with Crippen molar-refractivity contribution in [1.82, 2.24) is 9.80 Å². The molecule has 1 unspecified atom stereocenters. The first-order chi connectivity index (χ1) is 8.00. The Labute approximate surface area is 105 Å². The van der Waals surface area contributed by atoms with E-state index in [0.29, 0.717) is 11.8 Å². The first-order valence-corrected chi connectivity index (χ1v) is 6.14. The van der Waals surface area contributed by atoms with Crippen molar-refractivity contribution >= 4 is 0 Å². The summed E-state index contributed by atoms with van der Waals surface area (Å²) in [4.78, 5) is 4.52. The van der Waals surface area contributed by atoms with E-state index in [9.17, 15) is 5.11 Å². The van der Waals surface area contributed by atoms with Crippen molar-refractivity contribution in [3.05, 3.63) is 29.8 Å². The molecule has 3 heteroatoms. The van der Waals surface area contributed by atoms with Crippen LogP contribution in [0.25, 0.3) is 0 Å². The van der Waals surface area contributed by atoms with Crippen molar-refractivity contribution in [3.8, 4) is 5.75 Å². The fourth-order valence-electron chi connectivity index (χ4n) is 1.87. The van der Waals surface area contributed by atoms with E-state index in [4.69, 9.17) is 0 Å². The van der Waals surface area contributed by atoms with Gasteiger partial charge in [0.05, 0.1) is 0 Å². The van der Waals surface area contributed by atoms with Crippen LogP contribution in [0.15, 0.2) is 24.3 Å². The average Bonchev–Trinajstić information content (AvgIpc) is 2.27. The predicted molar refractivity (Wildman–Crippen MR) is 72.3 cm³/mol. The van der Waals surface area contributed by atoms with Gasteiger partial charge in [-0.3, -0.25) is 4.90 Å². The molecular weight excluding hydrogens is 212 g/mol. The Morgan fingerprint density at radius 3 is 2.47 bits per heavy atom. The average molecular weight is 236 g/mol. The van der Waals surface area contributed by atoms with E-state index in [2.05, 4.69) is 43.9 Å². The largest absolute Gasteiger partial charge is 0.508 e. The second-order valence-electron chi connectivity index (χ2n) is 4.91. The van der Waals surface area contributed by atoms with E-state index in [-0.39, 0.29) is 0 Å². The van der Waals surface area contributed by atoms with E-state index in [1.807, 2.05) is 12.1 Å². The van der Waals surface area contributed by atoms with Crippen LogP contribution in [0.4, 0.5) is 0 Å². The molecule has 0 aliphatic heterocycles. The highest BCUT2D eigenvalue weighted by molar-refractivity contribution is 5.29. The molecule has 0 aromatic heterocycles. The Hall–Kier alpha value is -1.06. The Kier molecular flexibility index (Phi) is 5.45. The fraction of sp³-hybridized carbons (Fsp3) is 0.571. The molecule has 1 rings (SSSR count). The lowest BCUT2D eigenvalue weighted by Gasteiger charge is -2.25. The minimum Gasteiger partial charge on any atom is -0.508 e. The molecule has 0 spiro atoms. The third-order valence-electron chi connectivity index (χ3n) is 3.13. The molecule has 17 heavy (non-hydrogen) atoms. The topological polar surface area (TPSA) is 26.7 Å². The molecular formula is C14H24N2O. The predicted octanol–water partition coefficient (Wildman–Crippen LogP) is 2.34. The van der Waals surface area contributed by atoms with Crippen molar-refractivity contribution in [2.24, 2.45) is 0 Å². The van der Waals surface area contributed by atoms with Gasteiger partial charge in [-0.15, -0.1) is 0 Å². The van der Waals surface area contributed by atoms with Gasteiger partial charge in [-0.2, -0.15) is 0 Å². The van der Waals surface area contributed by atoms with Crippen LogP contribution in [0.2, 0.25) is 0 Å². The highest BCUT2D eigenvalue weighted by atomic mass is 16.3. The first kappa shape index (κ1) is 14.0. The maximum Gasteiger partial charge on any atom is 0.115 e. The highest BCUT2D eigenvalue weighted by Gasteiger charge is 2.11. The van der Waals surface area contributed by atoms with Crippen LogP contribution < -0.4 is 0 Å². The van der Waals surface area contributed by atoms with Gasteiger partial charge in [-0.25, -0.2) is 0 Å². The summed E-state index contributed by atoms with van der Waals surface area (Å²) in [6, 6.07) is 7.85. The molecule has 0 radical (unpaired) electrons. The summed E-state index contributed by atoms with van der Waals surface area (Å²) in [5, 5.41) is 9.47. The molecule has 0 aliphatic carbocycles. The van der Waals surface area contributed by atoms with Gasteiger partial charge in [0.2, 0.25) is 0 Å². The quantitative estimate of drug-likeness (QED) is 0.821. The Morgan fingerprint density at radius 1 is 1.18 bits per heavy atom. The van der Waals surface area contributed by atoms with Crippen molar-refractivity contribution in [3.63, 3.8) is 0 Å². The van der Waals surface area contributed by atoms with Gasteiger partial charge in [0.15, 0.2) is 0 Å². The van der Waals surface area contributed by atoms with Gasteiger partial charge in [0.25, 0.3) is 0 Å². The van der Waals surface area contributed by atoms with Crippen molar-refractivity contribution in [2.75, 3.05) is 34.2 Å². The van der Waals surface area contributed by atoms with Crippen LogP contribution in [0, 0.1) is 0 Å². The number of phenols is 1. The molecule has 1 N–H and O–H groups in total. The zero-order chi connectivity index (χ0) is 12.8. The first-order valence-electron chi connectivity index (χ1n) is 6.14. The number of aromatic hydroxyl groups is 1. The summed E-state index contributed by atoms with van der Waals surface area (Å²) >= 11 is 0. The lowest BCUT2D eigenvalue weighted by molar-refractivity contribution is 0.244. The third kappa shape index (κ3) is 4.75. The van der Waals surface area contributed by atoms with Crippen molar-refractivity contribution < 1.29 is 5.11 Å². The van der Waals surface area contributed by atoms with Crippen LogP contribution in [0.3, 0.4) is 0 Å². The van der Waals surface area contributed by atoms with Gasteiger partial charge < -0.3 is 10.0 Å². The van der Waals surface area contributed by atoms with E-state index < -0.39 is 0 Å². The van der Waals surface area contributed by atoms with E-state index in [0.717, 1.165) is 25.1 Å². The number of phenolic OH excluding ortho intramolecular Hbond substituents is 1. The zero-order valence-corrected chi connectivity index (χ0v) is 11.3. The molecule has 1 atom stereocenters. The standard InChI is InChI=1S/C14H24N2O/c1-12(13-7-5-8-14(17)11-13)16(4)10-6-9-15(2)3/h5,7-8,11-12,17H,6,9-10H2,1-4H3. The Morgan fingerprint density at radius 2 is 1.88 bits per heavy atom. The van der Waals surface area contributed by atoms with Crippen LogP contribution in [-0.4, -0.2) is 49.1 Å².